The molecule has 33 heavy (non-hydrogen) atoms. The number of hydrogen-bond donors (Lipinski definition) is 2. The van der Waals surface area contributed by atoms with E-state index in [1.54, 1.807) is 36.4 Å². The van der Waals surface area contributed by atoms with Crippen molar-refractivity contribution < 1.29 is 32.2 Å². The zero-order chi connectivity index (χ0) is 23.8. The SMILES string of the molecule is COc1ccc(S(=O)(=O)N2CCCO[C@@H]2CNC(=O)C(=O)NCc2ccccc2OC)cc1. The largest absolute Gasteiger partial charge is 0.497 e. The molecule has 10 nitrogen and oxygen atoms in total. The van der Waals surface area contributed by atoms with Gasteiger partial charge in [0.15, 0.2) is 0 Å². The number of carbonyl (C=O) groups is 2. The molecule has 2 amide bonds. The van der Waals surface area contributed by atoms with Crippen LogP contribution in [0.5, 0.6) is 11.5 Å². The lowest BCUT2D eigenvalue weighted by molar-refractivity contribution is -0.140. The van der Waals surface area contributed by atoms with Gasteiger partial charge in [-0.2, -0.15) is 4.31 Å². The molecule has 0 aromatic heterocycles. The van der Waals surface area contributed by atoms with E-state index >= 15 is 0 Å². The second kappa shape index (κ2) is 11.1. The molecule has 0 saturated carbocycles. The molecule has 0 spiro atoms. The fourth-order valence-electron chi connectivity index (χ4n) is 3.35. The summed E-state index contributed by atoms with van der Waals surface area (Å²) in [4.78, 5) is 24.6. The van der Waals surface area contributed by atoms with Crippen molar-refractivity contribution in [1.29, 1.82) is 0 Å². The van der Waals surface area contributed by atoms with E-state index in [0.717, 1.165) is 0 Å². The Hall–Kier alpha value is -3.15. The van der Waals surface area contributed by atoms with Crippen LogP contribution in [0.2, 0.25) is 0 Å². The van der Waals surface area contributed by atoms with Gasteiger partial charge in [0.05, 0.1) is 32.3 Å². The van der Waals surface area contributed by atoms with Gasteiger partial charge in [0.2, 0.25) is 10.0 Å². The van der Waals surface area contributed by atoms with E-state index in [-0.39, 0.29) is 24.5 Å². The standard InChI is InChI=1S/C22H27N3O7S/c1-30-17-8-10-18(11-9-17)33(28,29)25-12-5-13-32-20(25)15-24-22(27)21(26)23-14-16-6-3-4-7-19(16)31-2/h3-4,6-11,20H,5,12-15H2,1-2H3,(H,23,26)(H,24,27)/t20-/m1/s1. The third-order valence-electron chi connectivity index (χ3n) is 5.10. The summed E-state index contributed by atoms with van der Waals surface area (Å²) in [6, 6.07) is 13.1. The molecule has 1 fully saturated rings. The highest BCUT2D eigenvalue weighted by molar-refractivity contribution is 7.89. The first-order valence-electron chi connectivity index (χ1n) is 10.3. The molecule has 1 saturated heterocycles. The number of methoxy groups -OCH3 is 2. The summed E-state index contributed by atoms with van der Waals surface area (Å²) in [6.07, 6.45) is -0.420. The molecule has 1 aliphatic rings. The maximum absolute atomic E-state index is 13.1. The monoisotopic (exact) mass is 477 g/mol. The Labute approximate surface area is 192 Å². The molecule has 2 aromatic rings. The molecule has 1 aliphatic heterocycles. The summed E-state index contributed by atoms with van der Waals surface area (Å²) in [7, 11) is -0.861. The average molecular weight is 478 g/mol. The number of nitrogens with one attached hydrogen (secondary N) is 2. The van der Waals surface area contributed by atoms with Crippen LogP contribution >= 0.6 is 0 Å². The van der Waals surface area contributed by atoms with E-state index in [0.29, 0.717) is 30.1 Å². The van der Waals surface area contributed by atoms with Crippen LogP contribution < -0.4 is 20.1 Å². The molecule has 2 aromatic carbocycles. The molecule has 0 radical (unpaired) electrons. The lowest BCUT2D eigenvalue weighted by Gasteiger charge is -2.34. The first-order chi connectivity index (χ1) is 15.9. The summed E-state index contributed by atoms with van der Waals surface area (Å²) < 4.78 is 43.3. The smallest absolute Gasteiger partial charge is 0.309 e. The summed E-state index contributed by atoms with van der Waals surface area (Å²) in [5.74, 6) is -0.609. The number of para-hydroxylation sites is 1. The Morgan fingerprint density at radius 1 is 1.03 bits per heavy atom. The number of nitrogens with zero attached hydrogens (tertiary/aromatic N) is 1. The van der Waals surface area contributed by atoms with Gasteiger partial charge in [-0.3, -0.25) is 9.59 Å². The number of amides is 2. The van der Waals surface area contributed by atoms with Crippen LogP contribution in [0.15, 0.2) is 53.4 Å². The van der Waals surface area contributed by atoms with E-state index in [1.165, 1.54) is 30.7 Å². The first-order valence-corrected chi connectivity index (χ1v) is 11.8. The molecule has 0 unspecified atom stereocenters. The highest BCUT2D eigenvalue weighted by Gasteiger charge is 2.35. The van der Waals surface area contributed by atoms with Crippen molar-refractivity contribution in [3.63, 3.8) is 0 Å². The molecule has 0 bridgehead atoms. The van der Waals surface area contributed by atoms with Gasteiger partial charge in [0.25, 0.3) is 0 Å². The third-order valence-corrected chi connectivity index (χ3v) is 7.00. The van der Waals surface area contributed by atoms with Gasteiger partial charge in [0, 0.05) is 18.7 Å². The van der Waals surface area contributed by atoms with Gasteiger partial charge in [-0.1, -0.05) is 18.2 Å². The number of sulfonamides is 1. The van der Waals surface area contributed by atoms with E-state index in [4.69, 9.17) is 14.2 Å². The lowest BCUT2D eigenvalue weighted by atomic mass is 10.2. The van der Waals surface area contributed by atoms with Crippen LogP contribution in [0.3, 0.4) is 0 Å². The van der Waals surface area contributed by atoms with Gasteiger partial charge in [0.1, 0.15) is 17.7 Å². The minimum Gasteiger partial charge on any atom is -0.497 e. The summed E-state index contributed by atoms with van der Waals surface area (Å²) in [6.45, 7) is 0.508. The number of rotatable bonds is 8. The zero-order valence-corrected chi connectivity index (χ0v) is 19.3. The quantitative estimate of drug-likeness (QED) is 0.541. The Morgan fingerprint density at radius 2 is 1.73 bits per heavy atom. The van der Waals surface area contributed by atoms with E-state index in [2.05, 4.69) is 10.6 Å². The normalized spacial score (nSPS) is 16.6. The minimum absolute atomic E-state index is 0.0830. The molecule has 0 aliphatic carbocycles. The zero-order valence-electron chi connectivity index (χ0n) is 18.4. The molecular weight excluding hydrogens is 450 g/mol. The van der Waals surface area contributed by atoms with Gasteiger partial charge >= 0.3 is 11.8 Å². The summed E-state index contributed by atoms with van der Waals surface area (Å²) >= 11 is 0. The van der Waals surface area contributed by atoms with Crippen LogP contribution in [0.4, 0.5) is 0 Å². The molecule has 178 valence electrons. The maximum Gasteiger partial charge on any atom is 0.309 e. The Kier molecular flexibility index (Phi) is 8.26. The average Bonchev–Trinajstić information content (AvgIpc) is 2.86. The number of carbonyl (C=O) groups excluding carboxylic acids is 2. The predicted octanol–water partition coefficient (Wildman–Crippen LogP) is 0.874. The van der Waals surface area contributed by atoms with Crippen molar-refractivity contribution in [2.75, 3.05) is 33.9 Å². The molecule has 11 heteroatoms. The molecule has 3 rings (SSSR count). The van der Waals surface area contributed by atoms with Crippen LogP contribution in [0.25, 0.3) is 0 Å². The van der Waals surface area contributed by atoms with Gasteiger partial charge < -0.3 is 24.8 Å². The molecule has 2 N–H and O–H groups in total. The van der Waals surface area contributed by atoms with Crippen molar-refractivity contribution in [2.24, 2.45) is 0 Å². The minimum atomic E-state index is -3.87. The molecular formula is C22H27N3O7S. The third kappa shape index (κ3) is 6.01. The first kappa shape index (κ1) is 24.5. The highest BCUT2D eigenvalue weighted by Crippen LogP contribution is 2.24. The number of benzene rings is 2. The fourth-order valence-corrected chi connectivity index (χ4v) is 4.92. The Balaban J connectivity index is 1.60. The Bertz CT molecular complexity index is 1070. The summed E-state index contributed by atoms with van der Waals surface area (Å²) in [5.41, 5.74) is 0.716. The van der Waals surface area contributed by atoms with Crippen molar-refractivity contribution in [1.82, 2.24) is 14.9 Å². The van der Waals surface area contributed by atoms with Gasteiger partial charge in [-0.15, -0.1) is 0 Å². The Morgan fingerprint density at radius 3 is 2.42 bits per heavy atom. The van der Waals surface area contributed by atoms with Gasteiger partial charge in [-0.05, 0) is 36.8 Å². The van der Waals surface area contributed by atoms with Crippen LogP contribution in [0, 0.1) is 0 Å². The molecule has 1 heterocycles. The van der Waals surface area contributed by atoms with Crippen molar-refractivity contribution in [2.45, 2.75) is 24.1 Å². The second-order valence-electron chi connectivity index (χ2n) is 7.17. The number of hydrogen-bond acceptors (Lipinski definition) is 7. The summed E-state index contributed by atoms with van der Waals surface area (Å²) in [5, 5.41) is 4.98. The van der Waals surface area contributed by atoms with Crippen molar-refractivity contribution >= 4 is 21.8 Å². The second-order valence-corrected chi connectivity index (χ2v) is 9.07. The van der Waals surface area contributed by atoms with Crippen LogP contribution in [-0.2, 0) is 30.9 Å². The van der Waals surface area contributed by atoms with Crippen molar-refractivity contribution in [3.05, 3.63) is 54.1 Å². The highest BCUT2D eigenvalue weighted by atomic mass is 32.2. The van der Waals surface area contributed by atoms with Crippen LogP contribution in [0.1, 0.15) is 12.0 Å². The molecule has 1 atom stereocenters. The van der Waals surface area contributed by atoms with Gasteiger partial charge in [-0.25, -0.2) is 8.42 Å². The van der Waals surface area contributed by atoms with E-state index < -0.39 is 28.1 Å². The van der Waals surface area contributed by atoms with Crippen LogP contribution in [-0.4, -0.2) is 64.7 Å². The van der Waals surface area contributed by atoms with Crippen molar-refractivity contribution in [3.8, 4) is 11.5 Å². The predicted molar refractivity (Wildman–Crippen MR) is 119 cm³/mol. The van der Waals surface area contributed by atoms with E-state index in [1.807, 2.05) is 0 Å². The topological polar surface area (TPSA) is 123 Å². The van der Waals surface area contributed by atoms with E-state index in [9.17, 15) is 18.0 Å². The number of ether oxygens (including phenoxy) is 3. The lowest BCUT2D eigenvalue weighted by Crippen LogP contribution is -2.53. The maximum atomic E-state index is 13.1. The fraction of sp³-hybridized carbons (Fsp3) is 0.364.